The summed E-state index contributed by atoms with van der Waals surface area (Å²) in [4.78, 5) is 3.40. The van der Waals surface area contributed by atoms with Crippen LogP contribution in [-0.2, 0) is 30.4 Å². The van der Waals surface area contributed by atoms with E-state index in [1.54, 1.807) is 21.6 Å². The number of phenolic OH excluding ortho intramolecular Hbond substituents is 1. The molecule has 1 spiro atoms. The second-order valence-electron chi connectivity index (χ2n) is 25.6. The molecule has 10 N–H and O–H groups in total. The summed E-state index contributed by atoms with van der Waals surface area (Å²) in [5.74, 6) is 10.3. The number of allylic oxidation sites excluding steroid dienone is 3. The second-order valence-corrected chi connectivity index (χ2v) is 28.1. The first kappa shape index (κ1) is 57.8. The fourth-order valence-corrected chi connectivity index (χ4v) is 19.8. The summed E-state index contributed by atoms with van der Waals surface area (Å²) in [7, 11) is 3.28. The van der Waals surface area contributed by atoms with Gasteiger partial charge in [0.05, 0.1) is 37.6 Å². The molecule has 4 aromatic rings. The molecular formula is C69H87N3O8S2. The van der Waals surface area contributed by atoms with Crippen LogP contribution in [0.2, 0.25) is 0 Å². The van der Waals surface area contributed by atoms with Gasteiger partial charge in [-0.15, -0.1) is 0 Å². The summed E-state index contributed by atoms with van der Waals surface area (Å²) >= 11 is 0. The number of phenols is 1. The Morgan fingerprint density at radius 2 is 1.68 bits per heavy atom. The van der Waals surface area contributed by atoms with Crippen LogP contribution >= 0.6 is 21.6 Å². The Kier molecular flexibility index (Phi) is 18.0. The van der Waals surface area contributed by atoms with Gasteiger partial charge >= 0.3 is 0 Å². The lowest BCUT2D eigenvalue weighted by molar-refractivity contribution is -0.115. The zero-order valence-electron chi connectivity index (χ0n) is 47.7. The van der Waals surface area contributed by atoms with Crippen LogP contribution in [0.1, 0.15) is 123 Å². The number of aliphatic hydroxyl groups excluding tert-OH is 5. The molecule has 2 saturated carbocycles. The van der Waals surface area contributed by atoms with E-state index in [9.17, 15) is 30.6 Å². The average Bonchev–Trinajstić information content (AvgIpc) is 2.65. The van der Waals surface area contributed by atoms with Crippen LogP contribution in [0.3, 0.4) is 0 Å². The molecule has 2 aliphatic heterocycles. The highest BCUT2D eigenvalue weighted by Gasteiger charge is 2.59. The third-order valence-corrected chi connectivity index (χ3v) is 23.6. The van der Waals surface area contributed by atoms with Gasteiger partial charge in [0.1, 0.15) is 11.9 Å². The molecule has 11 nitrogen and oxygen atoms in total. The smallest absolute Gasteiger partial charge is 0.161 e. The van der Waals surface area contributed by atoms with Crippen LogP contribution in [0.15, 0.2) is 120 Å². The van der Waals surface area contributed by atoms with Gasteiger partial charge < -0.3 is 56.1 Å². The number of aromatic hydroxyl groups is 1. The zero-order valence-corrected chi connectivity index (χ0v) is 49.4. The first-order valence-corrected chi connectivity index (χ1v) is 33.6. The summed E-state index contributed by atoms with van der Waals surface area (Å²) in [5.41, 5.74) is 17.0. The number of dihydropyridines is 1. The van der Waals surface area contributed by atoms with Gasteiger partial charge in [-0.3, -0.25) is 0 Å². The molecule has 13 heteroatoms. The SMILES string of the molecule is CC[C@@H]1Cc2cc(O)c(O[C@H]3C[C@@H](Cc4ccc[nH]4)C4=CCNC(N)=C4CSSC[C@H](CO)[C@@H]3O)cc2[C@@H]2C[C@@H](O)[C@H]3[C@H](C#C[C@]4(CCCC[C@@H]3OCCO)C[C@@H](c3ccccc3)[C@H]3Cc5ccccc5CC[C@H]5CC[C@H](O)[C@@H]4[C@@H]53)C=C12. The van der Waals surface area contributed by atoms with Crippen molar-refractivity contribution in [3.05, 3.63) is 153 Å². The number of aromatic amines is 1. The topological polar surface area (TPSA) is 194 Å². The van der Waals surface area contributed by atoms with E-state index in [4.69, 9.17) is 15.2 Å². The fraction of sp³-hybridized carbons (Fsp3) is 0.565. The number of ether oxygens (including phenoxy) is 2. The Bertz CT molecular complexity index is 3010. The third-order valence-electron chi connectivity index (χ3n) is 21.2. The van der Waals surface area contributed by atoms with Crippen LogP contribution in [0.5, 0.6) is 11.5 Å². The normalized spacial score (nSPS) is 35.7. The van der Waals surface area contributed by atoms with Crippen molar-refractivity contribution in [2.24, 2.45) is 64.4 Å². The van der Waals surface area contributed by atoms with Crippen molar-refractivity contribution in [1.82, 2.24) is 10.3 Å². The van der Waals surface area contributed by atoms with Gasteiger partial charge in [0.2, 0.25) is 0 Å². The van der Waals surface area contributed by atoms with E-state index in [1.165, 1.54) is 22.3 Å². The minimum Gasteiger partial charge on any atom is -0.504 e. The molecule has 438 valence electrons. The van der Waals surface area contributed by atoms with E-state index in [-0.39, 0.29) is 78.8 Å². The number of rotatable bonds is 10. The highest BCUT2D eigenvalue weighted by atomic mass is 33.1. The van der Waals surface area contributed by atoms with Crippen molar-refractivity contribution >= 4 is 21.6 Å². The number of benzene rings is 3. The Balaban J connectivity index is 0.943. The molecule has 6 aliphatic carbocycles. The largest absolute Gasteiger partial charge is 0.504 e. The third kappa shape index (κ3) is 11.6. The molecule has 0 amide bonds. The maximum atomic E-state index is 13.1. The molecule has 0 bridgehead atoms. The molecular weight excluding hydrogens is 1060 g/mol. The predicted molar refractivity (Wildman–Crippen MR) is 327 cm³/mol. The van der Waals surface area contributed by atoms with Crippen molar-refractivity contribution < 1.29 is 40.1 Å². The fourth-order valence-electron chi connectivity index (χ4n) is 17.3. The monoisotopic (exact) mass is 1150 g/mol. The molecule has 3 fully saturated rings. The van der Waals surface area contributed by atoms with Crippen molar-refractivity contribution in [1.29, 1.82) is 0 Å². The minimum atomic E-state index is -1.06. The van der Waals surface area contributed by atoms with Crippen molar-refractivity contribution in [3.63, 3.8) is 0 Å². The lowest BCUT2D eigenvalue weighted by atomic mass is 9.45. The van der Waals surface area contributed by atoms with Gasteiger partial charge in [0.25, 0.3) is 0 Å². The Morgan fingerprint density at radius 3 is 2.49 bits per heavy atom. The first-order chi connectivity index (χ1) is 40.0. The van der Waals surface area contributed by atoms with Gasteiger partial charge in [0.15, 0.2) is 11.5 Å². The number of aryl methyl sites for hydroxylation is 1. The quantitative estimate of drug-likeness (QED) is 0.0415. The summed E-state index contributed by atoms with van der Waals surface area (Å²) < 4.78 is 13.7. The number of H-pyrrole nitrogens is 1. The van der Waals surface area contributed by atoms with Crippen molar-refractivity contribution in [2.75, 3.05) is 37.9 Å². The predicted octanol–water partition coefficient (Wildman–Crippen LogP) is 10.3. The van der Waals surface area contributed by atoms with Crippen LogP contribution in [0, 0.1) is 70.5 Å². The number of nitrogens with one attached hydrogen (secondary N) is 2. The Labute approximate surface area is 493 Å². The molecule has 0 radical (unpaired) electrons. The number of aliphatic hydroxyl groups is 5. The number of hydrogen-bond acceptors (Lipinski definition) is 12. The van der Waals surface area contributed by atoms with Gasteiger partial charge in [-0.1, -0.05) is 126 Å². The van der Waals surface area contributed by atoms with Gasteiger partial charge in [-0.25, -0.2) is 0 Å². The average molecular weight is 1150 g/mol. The van der Waals surface area contributed by atoms with E-state index in [1.807, 2.05) is 24.4 Å². The summed E-state index contributed by atoms with van der Waals surface area (Å²) in [6, 6.07) is 28.2. The van der Waals surface area contributed by atoms with Gasteiger partial charge in [-0.05, 0) is 177 Å². The van der Waals surface area contributed by atoms with Crippen molar-refractivity contribution in [3.8, 4) is 23.3 Å². The van der Waals surface area contributed by atoms with Crippen molar-refractivity contribution in [2.45, 2.75) is 146 Å². The summed E-state index contributed by atoms with van der Waals surface area (Å²) in [6.07, 6.45) is 15.4. The molecule has 12 rings (SSSR count). The van der Waals surface area contributed by atoms with Crippen LogP contribution in [-0.4, -0.2) is 104 Å². The number of nitrogens with two attached hydrogens (primary N) is 1. The first-order valence-electron chi connectivity index (χ1n) is 31.1. The lowest BCUT2D eigenvalue weighted by Crippen LogP contribution is -2.56. The standard InChI is InChI=1S/C69H87N3O8S2/c1-2-41-29-47-33-59(76)62(80-63-34-48(30-50-15-10-25-71-50)51-22-26-72-68(70)57(51)40-82-81-39-49(38-74)67(63)78)36-53(47)54-35-60(77)65-46(32-52(41)54)21-24-69(23-9-8-16-61(65)79-28-27-73)37-56(43-12-4-3-5-13-43)55-31-45-14-7-6-11-42(45)17-18-44-19-20-58(75)66(69)64(44)55/h3-7,10-15,22,25,32-33,36,41,44,46,48-49,54-56,58,60-61,63-67,71-78H,2,8-9,16-20,23,26-31,34-35,37-40,70H2,1H3/t41-,44+,46-,48-,49+,54-,55-,56+,58+,60-,61+,63+,64+,65-,66-,67+,69-/m1/s1. The highest BCUT2D eigenvalue weighted by Crippen LogP contribution is 2.63. The van der Waals surface area contributed by atoms with Crippen LogP contribution < -0.4 is 15.8 Å². The van der Waals surface area contributed by atoms with Gasteiger partial charge in [0, 0.05) is 77.1 Å². The summed E-state index contributed by atoms with van der Waals surface area (Å²) in [6.45, 7) is 2.64. The molecule has 82 heavy (non-hydrogen) atoms. The highest BCUT2D eigenvalue weighted by molar-refractivity contribution is 8.76. The van der Waals surface area contributed by atoms with Gasteiger partial charge in [-0.2, -0.15) is 0 Å². The lowest BCUT2D eigenvalue weighted by Gasteiger charge is -2.59. The minimum absolute atomic E-state index is 0.000900. The van der Waals surface area contributed by atoms with E-state index >= 15 is 0 Å². The second kappa shape index (κ2) is 25.5. The summed E-state index contributed by atoms with van der Waals surface area (Å²) in [5, 5.41) is 74.8. The van der Waals surface area contributed by atoms with E-state index in [2.05, 4.69) is 102 Å². The van der Waals surface area contributed by atoms with E-state index < -0.39 is 35.7 Å². The van der Waals surface area contributed by atoms with E-state index in [0.29, 0.717) is 67.3 Å². The number of aromatic nitrogens is 1. The molecule has 8 aliphatic rings. The molecule has 1 aromatic heterocycles. The van der Waals surface area contributed by atoms with E-state index in [0.717, 1.165) is 98.6 Å². The molecule has 3 aromatic carbocycles. The molecule has 1 saturated heterocycles. The number of hydrogen-bond donors (Lipinski definition) is 9. The Hall–Kier alpha value is -4.62. The molecule has 0 unspecified atom stereocenters. The van der Waals surface area contributed by atoms with Crippen LogP contribution in [0.4, 0.5) is 0 Å². The maximum absolute atomic E-state index is 13.1. The maximum Gasteiger partial charge on any atom is 0.161 e. The number of fused-ring (bicyclic) bond motifs is 7. The molecule has 17 atom stereocenters. The molecule has 3 heterocycles. The van der Waals surface area contributed by atoms with Crippen LogP contribution in [0.25, 0.3) is 0 Å². The Morgan fingerprint density at radius 1 is 0.841 bits per heavy atom. The zero-order chi connectivity index (χ0) is 56.5.